The lowest BCUT2D eigenvalue weighted by atomic mass is 10.1. The molecule has 0 spiro atoms. The Kier molecular flexibility index (Phi) is 6.20. The minimum Gasteiger partial charge on any atom is -0.311 e. The third kappa shape index (κ3) is 4.91. The molecule has 0 aliphatic carbocycles. The van der Waals surface area contributed by atoms with Gasteiger partial charge in [-0.1, -0.05) is 61.0 Å². The van der Waals surface area contributed by atoms with Gasteiger partial charge in [0.15, 0.2) is 0 Å². The molecule has 1 heterocycles. The zero-order valence-corrected chi connectivity index (χ0v) is 15.2. The monoisotopic (exact) mass is 354 g/mol. The Balaban J connectivity index is 1.63. The van der Waals surface area contributed by atoms with Crippen molar-refractivity contribution in [3.05, 3.63) is 70.9 Å². The van der Waals surface area contributed by atoms with Gasteiger partial charge in [-0.25, -0.2) is 0 Å². The van der Waals surface area contributed by atoms with E-state index < -0.39 is 0 Å². The molecule has 0 amide bonds. The van der Waals surface area contributed by atoms with Crippen LogP contribution in [0.3, 0.4) is 0 Å². The lowest BCUT2D eigenvalue weighted by molar-refractivity contribution is 0.521. The molecular formula is C20H23ClN4. The lowest BCUT2D eigenvalue weighted by Gasteiger charge is -2.05. The van der Waals surface area contributed by atoms with Crippen LogP contribution in [0, 0.1) is 0 Å². The smallest absolute Gasteiger partial charge is 0.117 e. The number of hydrogen-bond donors (Lipinski definition) is 1. The Morgan fingerprint density at radius 1 is 1.00 bits per heavy atom. The van der Waals surface area contributed by atoms with Crippen molar-refractivity contribution in [3.63, 3.8) is 0 Å². The molecule has 5 heteroatoms. The SMILES string of the molecule is CCCn1nc(CNCCc2ccc(Cl)cc2)c(-c2ccccc2)n1. The zero-order valence-electron chi connectivity index (χ0n) is 14.5. The summed E-state index contributed by atoms with van der Waals surface area (Å²) in [5, 5.41) is 13.6. The highest BCUT2D eigenvalue weighted by Crippen LogP contribution is 2.20. The average Bonchev–Trinajstić information content (AvgIpc) is 3.04. The number of hydrogen-bond acceptors (Lipinski definition) is 3. The van der Waals surface area contributed by atoms with Crippen LogP contribution in [0.1, 0.15) is 24.6 Å². The van der Waals surface area contributed by atoms with Gasteiger partial charge in [0.05, 0.1) is 6.54 Å². The number of nitrogens with zero attached hydrogens (tertiary/aromatic N) is 3. The third-order valence-electron chi connectivity index (χ3n) is 3.99. The van der Waals surface area contributed by atoms with E-state index in [0.29, 0.717) is 6.54 Å². The van der Waals surface area contributed by atoms with E-state index in [0.717, 1.165) is 47.9 Å². The summed E-state index contributed by atoms with van der Waals surface area (Å²) >= 11 is 5.92. The molecule has 3 aromatic rings. The summed E-state index contributed by atoms with van der Waals surface area (Å²) in [6.07, 6.45) is 1.98. The summed E-state index contributed by atoms with van der Waals surface area (Å²) in [5.41, 5.74) is 4.35. The van der Waals surface area contributed by atoms with Crippen LogP contribution in [-0.2, 0) is 19.5 Å². The van der Waals surface area contributed by atoms with Crippen molar-refractivity contribution < 1.29 is 0 Å². The second-order valence-electron chi connectivity index (χ2n) is 6.01. The fourth-order valence-electron chi connectivity index (χ4n) is 2.71. The lowest BCUT2D eigenvalue weighted by Crippen LogP contribution is -2.17. The molecule has 0 saturated heterocycles. The second kappa shape index (κ2) is 8.79. The van der Waals surface area contributed by atoms with Gasteiger partial charge in [0.25, 0.3) is 0 Å². The number of halogens is 1. The molecule has 1 N–H and O–H groups in total. The molecule has 130 valence electrons. The predicted octanol–water partition coefficient (Wildman–Crippen LogP) is 4.34. The van der Waals surface area contributed by atoms with Gasteiger partial charge in [-0.05, 0) is 37.1 Å². The average molecular weight is 355 g/mol. The third-order valence-corrected chi connectivity index (χ3v) is 4.24. The van der Waals surface area contributed by atoms with Crippen LogP contribution < -0.4 is 5.32 Å². The molecule has 25 heavy (non-hydrogen) atoms. The van der Waals surface area contributed by atoms with Crippen LogP contribution in [0.15, 0.2) is 54.6 Å². The fourth-order valence-corrected chi connectivity index (χ4v) is 2.84. The van der Waals surface area contributed by atoms with Gasteiger partial charge in [0.1, 0.15) is 11.4 Å². The highest BCUT2D eigenvalue weighted by atomic mass is 35.5. The first-order valence-electron chi connectivity index (χ1n) is 8.71. The molecule has 0 saturated carbocycles. The van der Waals surface area contributed by atoms with Crippen molar-refractivity contribution in [1.82, 2.24) is 20.3 Å². The zero-order chi connectivity index (χ0) is 17.5. The van der Waals surface area contributed by atoms with Crippen LogP contribution in [0.25, 0.3) is 11.3 Å². The molecular weight excluding hydrogens is 332 g/mol. The second-order valence-corrected chi connectivity index (χ2v) is 6.45. The van der Waals surface area contributed by atoms with Crippen molar-refractivity contribution in [2.45, 2.75) is 32.9 Å². The van der Waals surface area contributed by atoms with Crippen molar-refractivity contribution in [2.75, 3.05) is 6.54 Å². The molecule has 0 aliphatic rings. The van der Waals surface area contributed by atoms with Crippen LogP contribution in [0.2, 0.25) is 5.02 Å². The quantitative estimate of drug-likeness (QED) is 0.612. The number of benzene rings is 2. The van der Waals surface area contributed by atoms with Crippen molar-refractivity contribution >= 4 is 11.6 Å². The Bertz CT molecular complexity index is 781. The fraction of sp³-hybridized carbons (Fsp3) is 0.300. The van der Waals surface area contributed by atoms with Gasteiger partial charge in [0.2, 0.25) is 0 Å². The molecule has 0 aliphatic heterocycles. The first-order valence-corrected chi connectivity index (χ1v) is 9.08. The normalized spacial score (nSPS) is 11.0. The molecule has 3 rings (SSSR count). The van der Waals surface area contributed by atoms with E-state index in [4.69, 9.17) is 11.6 Å². The molecule has 0 fully saturated rings. The minimum absolute atomic E-state index is 0.710. The Labute approximate surface area is 153 Å². The maximum atomic E-state index is 5.92. The van der Waals surface area contributed by atoms with E-state index in [-0.39, 0.29) is 0 Å². The van der Waals surface area contributed by atoms with E-state index in [1.54, 1.807) is 4.80 Å². The summed E-state index contributed by atoms with van der Waals surface area (Å²) in [4.78, 5) is 1.80. The molecule has 0 radical (unpaired) electrons. The Hall–Kier alpha value is -2.17. The molecule has 0 atom stereocenters. The number of rotatable bonds is 8. The van der Waals surface area contributed by atoms with Crippen LogP contribution >= 0.6 is 11.6 Å². The molecule has 1 aromatic heterocycles. The number of aromatic nitrogens is 3. The van der Waals surface area contributed by atoms with E-state index in [1.165, 1.54) is 5.56 Å². The highest BCUT2D eigenvalue weighted by molar-refractivity contribution is 6.30. The maximum absolute atomic E-state index is 5.92. The molecule has 2 aromatic carbocycles. The topological polar surface area (TPSA) is 42.7 Å². The van der Waals surface area contributed by atoms with Crippen LogP contribution in [-0.4, -0.2) is 21.5 Å². The molecule has 4 nitrogen and oxygen atoms in total. The summed E-state index contributed by atoms with van der Waals surface area (Å²) in [5.74, 6) is 0. The van der Waals surface area contributed by atoms with E-state index in [1.807, 2.05) is 30.3 Å². The minimum atomic E-state index is 0.710. The first kappa shape index (κ1) is 17.6. The van der Waals surface area contributed by atoms with Gasteiger partial charge >= 0.3 is 0 Å². The predicted molar refractivity (Wildman–Crippen MR) is 103 cm³/mol. The van der Waals surface area contributed by atoms with Gasteiger partial charge in [-0.3, -0.25) is 0 Å². The van der Waals surface area contributed by atoms with Crippen LogP contribution in [0.5, 0.6) is 0 Å². The summed E-state index contributed by atoms with van der Waals surface area (Å²) in [6, 6.07) is 18.2. The summed E-state index contributed by atoms with van der Waals surface area (Å²) in [7, 11) is 0. The van der Waals surface area contributed by atoms with Crippen LogP contribution in [0.4, 0.5) is 0 Å². The number of aryl methyl sites for hydroxylation is 1. The Morgan fingerprint density at radius 3 is 2.48 bits per heavy atom. The maximum Gasteiger partial charge on any atom is 0.117 e. The van der Waals surface area contributed by atoms with Crippen molar-refractivity contribution in [3.8, 4) is 11.3 Å². The largest absolute Gasteiger partial charge is 0.311 e. The summed E-state index contributed by atoms with van der Waals surface area (Å²) in [6.45, 7) is 4.57. The standard InChI is InChI=1S/C20H23ClN4/c1-2-14-25-23-19(20(24-25)17-6-4-3-5-7-17)15-22-13-12-16-8-10-18(21)11-9-16/h3-11,22H,2,12-15H2,1H3. The van der Waals surface area contributed by atoms with Gasteiger partial charge in [0, 0.05) is 17.1 Å². The Morgan fingerprint density at radius 2 is 1.76 bits per heavy atom. The van der Waals surface area contributed by atoms with Gasteiger partial charge < -0.3 is 5.32 Å². The van der Waals surface area contributed by atoms with Gasteiger partial charge in [-0.2, -0.15) is 15.0 Å². The van der Waals surface area contributed by atoms with E-state index in [2.05, 4.69) is 46.7 Å². The van der Waals surface area contributed by atoms with E-state index in [9.17, 15) is 0 Å². The summed E-state index contributed by atoms with van der Waals surface area (Å²) < 4.78 is 0. The van der Waals surface area contributed by atoms with Crippen molar-refractivity contribution in [1.29, 1.82) is 0 Å². The first-order chi connectivity index (χ1) is 12.3. The van der Waals surface area contributed by atoms with Crippen molar-refractivity contribution in [2.24, 2.45) is 0 Å². The molecule has 0 unspecified atom stereocenters. The van der Waals surface area contributed by atoms with E-state index >= 15 is 0 Å². The number of nitrogens with one attached hydrogen (secondary N) is 1. The highest BCUT2D eigenvalue weighted by Gasteiger charge is 2.12. The van der Waals surface area contributed by atoms with Gasteiger partial charge in [-0.15, -0.1) is 0 Å². The molecule has 0 bridgehead atoms.